The zero-order chi connectivity index (χ0) is 13.4. The van der Waals surface area contributed by atoms with Gasteiger partial charge < -0.3 is 10.6 Å². The lowest BCUT2D eigenvalue weighted by Gasteiger charge is -2.11. The fourth-order valence-corrected chi connectivity index (χ4v) is 2.38. The SMILES string of the molecule is O=C1NC(=O)c2cc(NC(=O)[C@H]3CCCN3)ccc21. The maximum Gasteiger partial charge on any atom is 0.259 e. The van der Waals surface area contributed by atoms with Crippen LogP contribution in [0.15, 0.2) is 18.2 Å². The van der Waals surface area contributed by atoms with E-state index in [2.05, 4.69) is 16.0 Å². The minimum atomic E-state index is -0.421. The van der Waals surface area contributed by atoms with Crippen LogP contribution in [0.2, 0.25) is 0 Å². The van der Waals surface area contributed by atoms with Crippen LogP contribution >= 0.6 is 0 Å². The molecule has 3 rings (SSSR count). The Bertz CT molecular complexity index is 576. The van der Waals surface area contributed by atoms with E-state index in [1.165, 1.54) is 6.07 Å². The van der Waals surface area contributed by atoms with Gasteiger partial charge in [-0.3, -0.25) is 19.7 Å². The van der Waals surface area contributed by atoms with E-state index in [0.717, 1.165) is 19.4 Å². The largest absolute Gasteiger partial charge is 0.325 e. The van der Waals surface area contributed by atoms with Crippen molar-refractivity contribution >= 4 is 23.4 Å². The summed E-state index contributed by atoms with van der Waals surface area (Å²) in [5, 5.41) is 8.07. The minimum absolute atomic E-state index is 0.109. The van der Waals surface area contributed by atoms with E-state index in [-0.39, 0.29) is 11.9 Å². The smallest absolute Gasteiger partial charge is 0.259 e. The molecule has 6 nitrogen and oxygen atoms in total. The van der Waals surface area contributed by atoms with E-state index in [1.54, 1.807) is 12.1 Å². The molecule has 2 aliphatic heterocycles. The van der Waals surface area contributed by atoms with E-state index in [1.807, 2.05) is 0 Å². The molecule has 3 amide bonds. The van der Waals surface area contributed by atoms with Crippen LogP contribution in [0.4, 0.5) is 5.69 Å². The first kappa shape index (κ1) is 11.9. The van der Waals surface area contributed by atoms with Gasteiger partial charge in [0.25, 0.3) is 11.8 Å². The topological polar surface area (TPSA) is 87.3 Å². The normalized spacial score (nSPS) is 21.2. The van der Waals surface area contributed by atoms with Crippen molar-refractivity contribution < 1.29 is 14.4 Å². The molecule has 0 saturated carbocycles. The van der Waals surface area contributed by atoms with Gasteiger partial charge in [0.05, 0.1) is 17.2 Å². The molecule has 19 heavy (non-hydrogen) atoms. The molecule has 6 heteroatoms. The molecule has 1 saturated heterocycles. The third kappa shape index (κ3) is 2.10. The second kappa shape index (κ2) is 4.47. The predicted octanol–water partition coefficient (Wildman–Crippen LogP) is 0.261. The van der Waals surface area contributed by atoms with Crippen LogP contribution < -0.4 is 16.0 Å². The van der Waals surface area contributed by atoms with Crippen molar-refractivity contribution in [2.75, 3.05) is 11.9 Å². The molecule has 1 atom stereocenters. The summed E-state index contributed by atoms with van der Waals surface area (Å²) < 4.78 is 0. The number of carbonyl (C=O) groups is 3. The number of nitrogens with one attached hydrogen (secondary N) is 3. The Hall–Kier alpha value is -2.21. The van der Waals surface area contributed by atoms with Crippen molar-refractivity contribution in [2.45, 2.75) is 18.9 Å². The summed E-state index contributed by atoms with van der Waals surface area (Å²) in [4.78, 5) is 34.8. The van der Waals surface area contributed by atoms with E-state index in [9.17, 15) is 14.4 Å². The molecule has 0 aliphatic carbocycles. The van der Waals surface area contributed by atoms with Gasteiger partial charge in [-0.15, -0.1) is 0 Å². The van der Waals surface area contributed by atoms with Crippen LogP contribution in [-0.2, 0) is 4.79 Å². The highest BCUT2D eigenvalue weighted by Gasteiger charge is 2.27. The van der Waals surface area contributed by atoms with Crippen LogP contribution in [0.3, 0.4) is 0 Å². The van der Waals surface area contributed by atoms with Crippen LogP contribution in [0.25, 0.3) is 0 Å². The average Bonchev–Trinajstić information content (AvgIpc) is 2.99. The quantitative estimate of drug-likeness (QED) is 0.665. The molecule has 98 valence electrons. The summed E-state index contributed by atoms with van der Waals surface area (Å²) in [5.41, 5.74) is 1.19. The Morgan fingerprint density at radius 2 is 2.00 bits per heavy atom. The van der Waals surface area contributed by atoms with Crippen molar-refractivity contribution in [1.82, 2.24) is 10.6 Å². The van der Waals surface area contributed by atoms with Crippen LogP contribution in [0, 0.1) is 0 Å². The van der Waals surface area contributed by atoms with Gasteiger partial charge in [0.15, 0.2) is 0 Å². The number of carbonyl (C=O) groups excluding carboxylic acids is 3. The molecule has 0 unspecified atom stereocenters. The first-order valence-corrected chi connectivity index (χ1v) is 6.19. The lowest BCUT2D eigenvalue weighted by molar-refractivity contribution is -0.117. The molecule has 1 aromatic rings. The molecule has 0 radical (unpaired) electrons. The van der Waals surface area contributed by atoms with Crippen molar-refractivity contribution in [3.05, 3.63) is 29.3 Å². The van der Waals surface area contributed by atoms with E-state index in [0.29, 0.717) is 16.8 Å². The van der Waals surface area contributed by atoms with E-state index < -0.39 is 11.8 Å². The van der Waals surface area contributed by atoms with Crippen LogP contribution in [-0.4, -0.2) is 30.3 Å². The summed E-state index contributed by atoms with van der Waals surface area (Å²) in [7, 11) is 0. The number of anilines is 1. The van der Waals surface area contributed by atoms with Gasteiger partial charge in [0, 0.05) is 5.69 Å². The lowest BCUT2D eigenvalue weighted by atomic mass is 10.1. The molecule has 1 fully saturated rings. The summed E-state index contributed by atoms with van der Waals surface area (Å²) in [6, 6.07) is 4.53. The molecular weight excluding hydrogens is 246 g/mol. The first-order valence-electron chi connectivity index (χ1n) is 6.19. The lowest BCUT2D eigenvalue weighted by Crippen LogP contribution is -2.35. The third-order valence-corrected chi connectivity index (χ3v) is 3.38. The van der Waals surface area contributed by atoms with E-state index in [4.69, 9.17) is 0 Å². The molecule has 0 spiro atoms. The zero-order valence-corrected chi connectivity index (χ0v) is 10.2. The van der Waals surface area contributed by atoms with Crippen LogP contribution in [0.1, 0.15) is 33.6 Å². The fourth-order valence-electron chi connectivity index (χ4n) is 2.38. The van der Waals surface area contributed by atoms with Crippen molar-refractivity contribution in [3.63, 3.8) is 0 Å². The van der Waals surface area contributed by atoms with Gasteiger partial charge >= 0.3 is 0 Å². The minimum Gasteiger partial charge on any atom is -0.325 e. The Morgan fingerprint density at radius 3 is 2.74 bits per heavy atom. The van der Waals surface area contributed by atoms with Gasteiger partial charge in [-0.25, -0.2) is 0 Å². The Balaban J connectivity index is 1.79. The van der Waals surface area contributed by atoms with Crippen molar-refractivity contribution in [2.24, 2.45) is 0 Å². The number of hydrogen-bond donors (Lipinski definition) is 3. The second-order valence-corrected chi connectivity index (χ2v) is 4.68. The number of rotatable bonds is 2. The molecule has 2 aliphatic rings. The van der Waals surface area contributed by atoms with Crippen LogP contribution in [0.5, 0.6) is 0 Å². The summed E-state index contributed by atoms with van der Waals surface area (Å²) in [6.07, 6.45) is 1.80. The molecule has 2 heterocycles. The fraction of sp³-hybridized carbons (Fsp3) is 0.308. The number of fused-ring (bicyclic) bond motifs is 1. The number of benzene rings is 1. The van der Waals surface area contributed by atoms with Gasteiger partial charge in [-0.1, -0.05) is 0 Å². The van der Waals surface area contributed by atoms with Crippen molar-refractivity contribution in [1.29, 1.82) is 0 Å². The molecule has 0 aromatic heterocycles. The van der Waals surface area contributed by atoms with Gasteiger partial charge in [-0.05, 0) is 37.6 Å². The zero-order valence-electron chi connectivity index (χ0n) is 10.2. The molecule has 1 aromatic carbocycles. The highest BCUT2D eigenvalue weighted by Crippen LogP contribution is 2.20. The van der Waals surface area contributed by atoms with Crippen molar-refractivity contribution in [3.8, 4) is 0 Å². The van der Waals surface area contributed by atoms with Gasteiger partial charge in [0.2, 0.25) is 5.91 Å². The van der Waals surface area contributed by atoms with Gasteiger partial charge in [0.1, 0.15) is 0 Å². The third-order valence-electron chi connectivity index (χ3n) is 3.38. The Kier molecular flexibility index (Phi) is 2.79. The van der Waals surface area contributed by atoms with Gasteiger partial charge in [-0.2, -0.15) is 0 Å². The summed E-state index contributed by atoms with van der Waals surface area (Å²) >= 11 is 0. The Labute approximate surface area is 109 Å². The summed E-state index contributed by atoms with van der Waals surface area (Å²) in [6.45, 7) is 0.846. The maximum absolute atomic E-state index is 11.9. The highest BCUT2D eigenvalue weighted by molar-refractivity contribution is 6.22. The molecular formula is C13H13N3O3. The monoisotopic (exact) mass is 259 g/mol. The second-order valence-electron chi connectivity index (χ2n) is 4.68. The highest BCUT2D eigenvalue weighted by atomic mass is 16.2. The number of imide groups is 1. The summed E-state index contributed by atoms with van der Waals surface area (Å²) in [5.74, 6) is -0.924. The number of amides is 3. The number of hydrogen-bond acceptors (Lipinski definition) is 4. The maximum atomic E-state index is 11.9. The van der Waals surface area contributed by atoms with E-state index >= 15 is 0 Å². The average molecular weight is 259 g/mol. The predicted molar refractivity (Wildman–Crippen MR) is 67.9 cm³/mol. The molecule has 3 N–H and O–H groups in total. The first-order chi connectivity index (χ1) is 9.15. The molecule has 0 bridgehead atoms. The Morgan fingerprint density at radius 1 is 1.21 bits per heavy atom. The standard InChI is InChI=1S/C13H13N3O3/c17-11-8-4-3-7(6-9(8)12(18)16-11)15-13(19)10-2-1-5-14-10/h3-4,6,10,14H,1-2,5H2,(H,15,19)(H,16,17,18)/t10-/m1/s1.